The van der Waals surface area contributed by atoms with Crippen molar-refractivity contribution in [1.29, 1.82) is 0 Å². The Kier molecular flexibility index (Phi) is 5.68. The van der Waals surface area contributed by atoms with Crippen LogP contribution in [-0.4, -0.2) is 29.1 Å². The fourth-order valence-corrected chi connectivity index (χ4v) is 1.93. The number of carbonyl (C=O) groups excluding carboxylic acids is 1. The summed E-state index contributed by atoms with van der Waals surface area (Å²) in [7, 11) is 0. The minimum Gasteiger partial charge on any atom is -0.462 e. The molecule has 0 atom stereocenters. The molecule has 0 amide bonds. The van der Waals surface area contributed by atoms with Gasteiger partial charge in [0.15, 0.2) is 0 Å². The Morgan fingerprint density at radius 1 is 1.30 bits per heavy atom. The average Bonchev–Trinajstić information content (AvgIpc) is 2.53. The molecule has 0 unspecified atom stereocenters. The van der Waals surface area contributed by atoms with Gasteiger partial charge in [0.25, 0.3) is 0 Å². The molecule has 0 spiro atoms. The summed E-state index contributed by atoms with van der Waals surface area (Å²) in [5.41, 5.74) is 2.19. The van der Waals surface area contributed by atoms with Crippen LogP contribution < -0.4 is 10.6 Å². The van der Waals surface area contributed by atoms with Crippen molar-refractivity contribution in [3.05, 3.63) is 54.2 Å². The zero-order valence-corrected chi connectivity index (χ0v) is 13.3. The molecule has 0 bridgehead atoms. The lowest BCUT2D eigenvalue weighted by atomic mass is 10.2. The number of benzene rings is 1. The van der Waals surface area contributed by atoms with E-state index in [0.29, 0.717) is 30.5 Å². The molecule has 0 saturated carbocycles. The van der Waals surface area contributed by atoms with Crippen LogP contribution in [0, 0.1) is 6.92 Å². The Bertz CT molecular complexity index is 683. The number of hydrogen-bond acceptors (Lipinski definition) is 6. The van der Waals surface area contributed by atoms with Crippen molar-refractivity contribution < 1.29 is 9.53 Å². The highest BCUT2D eigenvalue weighted by atomic mass is 16.5. The van der Waals surface area contributed by atoms with Gasteiger partial charge in [-0.3, -0.25) is 0 Å². The summed E-state index contributed by atoms with van der Waals surface area (Å²) in [6.45, 7) is 8.29. The molecule has 6 heteroatoms. The lowest BCUT2D eigenvalue weighted by Gasteiger charge is -2.09. The number of nitrogens with one attached hydrogen (secondary N) is 2. The summed E-state index contributed by atoms with van der Waals surface area (Å²) in [4.78, 5) is 20.3. The van der Waals surface area contributed by atoms with E-state index < -0.39 is 0 Å². The molecular weight excluding hydrogens is 292 g/mol. The molecule has 0 fully saturated rings. The Balaban J connectivity index is 2.11. The third kappa shape index (κ3) is 4.81. The van der Waals surface area contributed by atoms with Gasteiger partial charge in [-0.15, -0.1) is 6.58 Å². The van der Waals surface area contributed by atoms with E-state index in [0.717, 1.165) is 11.4 Å². The first-order valence-electron chi connectivity index (χ1n) is 7.37. The maximum absolute atomic E-state index is 11.6. The molecule has 0 aliphatic heterocycles. The first-order valence-corrected chi connectivity index (χ1v) is 7.37. The number of ether oxygens (including phenoxy) is 1. The topological polar surface area (TPSA) is 76.1 Å². The van der Waals surface area contributed by atoms with Crippen LogP contribution in [-0.2, 0) is 4.74 Å². The van der Waals surface area contributed by atoms with Crippen molar-refractivity contribution in [2.24, 2.45) is 0 Å². The normalized spacial score (nSPS) is 10.0. The molecule has 0 aliphatic carbocycles. The van der Waals surface area contributed by atoms with Gasteiger partial charge in [-0.05, 0) is 38.1 Å². The highest BCUT2D eigenvalue weighted by Crippen LogP contribution is 2.17. The maximum Gasteiger partial charge on any atom is 0.338 e. The van der Waals surface area contributed by atoms with Gasteiger partial charge in [0.05, 0.1) is 12.2 Å². The predicted molar refractivity (Wildman–Crippen MR) is 91.1 cm³/mol. The van der Waals surface area contributed by atoms with Crippen molar-refractivity contribution in [3.8, 4) is 0 Å². The van der Waals surface area contributed by atoms with Crippen LogP contribution in [0.3, 0.4) is 0 Å². The summed E-state index contributed by atoms with van der Waals surface area (Å²) < 4.78 is 4.96. The zero-order valence-electron chi connectivity index (χ0n) is 13.3. The summed E-state index contributed by atoms with van der Waals surface area (Å²) >= 11 is 0. The number of anilines is 3. The lowest BCUT2D eigenvalue weighted by Crippen LogP contribution is -2.06. The van der Waals surface area contributed by atoms with Gasteiger partial charge in [0.2, 0.25) is 5.95 Å². The van der Waals surface area contributed by atoms with Gasteiger partial charge >= 0.3 is 5.97 Å². The molecule has 2 N–H and O–H groups in total. The minimum absolute atomic E-state index is 0.326. The largest absolute Gasteiger partial charge is 0.462 e. The van der Waals surface area contributed by atoms with Gasteiger partial charge in [-0.2, -0.15) is 4.98 Å². The van der Waals surface area contributed by atoms with Crippen molar-refractivity contribution in [1.82, 2.24) is 9.97 Å². The van der Waals surface area contributed by atoms with E-state index >= 15 is 0 Å². The molecule has 6 nitrogen and oxygen atoms in total. The summed E-state index contributed by atoms with van der Waals surface area (Å²) in [6, 6.07) is 8.88. The second-order valence-electron chi connectivity index (χ2n) is 4.81. The fraction of sp³-hybridized carbons (Fsp3) is 0.235. The molecule has 0 aliphatic rings. The molecule has 2 aromatic rings. The first-order chi connectivity index (χ1) is 11.1. The van der Waals surface area contributed by atoms with Gasteiger partial charge in [0.1, 0.15) is 5.82 Å². The van der Waals surface area contributed by atoms with E-state index in [2.05, 4.69) is 27.2 Å². The van der Waals surface area contributed by atoms with E-state index in [4.69, 9.17) is 4.74 Å². The standard InChI is InChI=1S/C17H20N4O2/c1-4-10-18-17-19-12(3)11-15(21-17)20-14-8-6-13(7-9-14)16(22)23-5-2/h4,6-9,11H,1,5,10H2,2-3H3,(H2,18,19,20,21). The lowest BCUT2D eigenvalue weighted by molar-refractivity contribution is 0.0526. The third-order valence-corrected chi connectivity index (χ3v) is 2.93. The van der Waals surface area contributed by atoms with E-state index in [1.807, 2.05) is 13.0 Å². The number of esters is 1. The molecule has 0 radical (unpaired) electrons. The quantitative estimate of drug-likeness (QED) is 0.603. The smallest absolute Gasteiger partial charge is 0.338 e. The van der Waals surface area contributed by atoms with E-state index in [-0.39, 0.29) is 5.97 Å². The molecule has 1 heterocycles. The van der Waals surface area contributed by atoms with Crippen LogP contribution in [0.15, 0.2) is 43.0 Å². The Hall–Kier alpha value is -2.89. The zero-order chi connectivity index (χ0) is 16.7. The summed E-state index contributed by atoms with van der Waals surface area (Å²) in [5, 5.41) is 6.25. The number of nitrogens with zero attached hydrogens (tertiary/aromatic N) is 2. The number of aryl methyl sites for hydroxylation is 1. The minimum atomic E-state index is -0.326. The number of rotatable bonds is 7. The Labute approximate surface area is 135 Å². The van der Waals surface area contributed by atoms with Crippen molar-refractivity contribution in [2.75, 3.05) is 23.8 Å². The molecule has 0 saturated heterocycles. The van der Waals surface area contributed by atoms with Crippen LogP contribution in [0.1, 0.15) is 23.0 Å². The monoisotopic (exact) mass is 312 g/mol. The average molecular weight is 312 g/mol. The maximum atomic E-state index is 11.6. The van der Waals surface area contributed by atoms with Crippen LogP contribution >= 0.6 is 0 Å². The van der Waals surface area contributed by atoms with Crippen molar-refractivity contribution in [3.63, 3.8) is 0 Å². The second-order valence-corrected chi connectivity index (χ2v) is 4.81. The molecular formula is C17H20N4O2. The van der Waals surface area contributed by atoms with Gasteiger partial charge in [-0.25, -0.2) is 9.78 Å². The Morgan fingerprint density at radius 2 is 2.04 bits per heavy atom. The molecule has 120 valence electrons. The van der Waals surface area contributed by atoms with Crippen molar-refractivity contribution in [2.45, 2.75) is 13.8 Å². The molecule has 1 aromatic heterocycles. The van der Waals surface area contributed by atoms with Crippen LogP contribution in [0.2, 0.25) is 0 Å². The molecule has 1 aromatic carbocycles. The van der Waals surface area contributed by atoms with Gasteiger partial charge < -0.3 is 15.4 Å². The first kappa shape index (κ1) is 16.5. The van der Waals surface area contributed by atoms with Crippen LogP contribution in [0.5, 0.6) is 0 Å². The van der Waals surface area contributed by atoms with E-state index in [9.17, 15) is 4.79 Å². The number of aromatic nitrogens is 2. The third-order valence-electron chi connectivity index (χ3n) is 2.93. The van der Waals surface area contributed by atoms with E-state index in [1.54, 1.807) is 37.3 Å². The van der Waals surface area contributed by atoms with Crippen molar-refractivity contribution >= 4 is 23.4 Å². The summed E-state index contributed by atoms with van der Waals surface area (Å²) in [6.07, 6.45) is 1.74. The SMILES string of the molecule is C=CCNc1nc(C)cc(Nc2ccc(C(=O)OCC)cc2)n1. The second kappa shape index (κ2) is 7.93. The Morgan fingerprint density at radius 3 is 2.70 bits per heavy atom. The van der Waals surface area contributed by atoms with Gasteiger partial charge in [0, 0.05) is 24.0 Å². The van der Waals surface area contributed by atoms with E-state index in [1.165, 1.54) is 0 Å². The van der Waals surface area contributed by atoms with Gasteiger partial charge in [-0.1, -0.05) is 6.08 Å². The highest BCUT2D eigenvalue weighted by Gasteiger charge is 2.06. The molecule has 2 rings (SSSR count). The summed E-state index contributed by atoms with van der Waals surface area (Å²) in [5.74, 6) is 0.885. The van der Waals surface area contributed by atoms with Crippen LogP contribution in [0.25, 0.3) is 0 Å². The number of carbonyl (C=O) groups is 1. The van der Waals surface area contributed by atoms with Crippen LogP contribution in [0.4, 0.5) is 17.5 Å². The molecule has 23 heavy (non-hydrogen) atoms. The predicted octanol–water partition coefficient (Wildman–Crippen LogP) is 3.30. The number of hydrogen-bond donors (Lipinski definition) is 2. The fourth-order valence-electron chi connectivity index (χ4n) is 1.93. The highest BCUT2D eigenvalue weighted by molar-refractivity contribution is 5.89.